The molecule has 0 fully saturated rings. The van der Waals surface area contributed by atoms with Gasteiger partial charge in [0.15, 0.2) is 5.11 Å². The fourth-order valence-corrected chi connectivity index (χ4v) is 4.80. The molecule has 0 amide bonds. The molecule has 3 aromatic rings. The van der Waals surface area contributed by atoms with Crippen LogP contribution in [0.1, 0.15) is 15.2 Å². The van der Waals surface area contributed by atoms with Gasteiger partial charge in [-0.15, -0.1) is 11.3 Å². The van der Waals surface area contributed by atoms with Crippen LogP contribution in [0.15, 0.2) is 53.0 Å². The fourth-order valence-electron chi connectivity index (χ4n) is 2.73. The van der Waals surface area contributed by atoms with Crippen molar-refractivity contribution in [3.05, 3.63) is 68.5 Å². The van der Waals surface area contributed by atoms with Gasteiger partial charge in [-0.1, -0.05) is 57.9 Å². The molecule has 4 nitrogen and oxygen atoms in total. The molecule has 0 saturated carbocycles. The van der Waals surface area contributed by atoms with E-state index in [1.54, 1.807) is 6.07 Å². The molecule has 0 aliphatic carbocycles. The second kappa shape index (κ2) is 9.05. The summed E-state index contributed by atoms with van der Waals surface area (Å²) in [6.45, 7) is 1.96. The first-order chi connectivity index (χ1) is 13.4. The average Bonchev–Trinajstić information content (AvgIpc) is 2.99. The van der Waals surface area contributed by atoms with Crippen molar-refractivity contribution in [3.63, 3.8) is 0 Å². The third-order valence-electron chi connectivity index (χ3n) is 3.94. The number of thiophene rings is 1. The van der Waals surface area contributed by atoms with Crippen LogP contribution in [0.2, 0.25) is 5.02 Å². The summed E-state index contributed by atoms with van der Waals surface area (Å²) < 4.78 is 5.89. The predicted molar refractivity (Wildman–Crippen MR) is 125 cm³/mol. The van der Waals surface area contributed by atoms with Crippen molar-refractivity contribution in [1.29, 1.82) is 0 Å². The summed E-state index contributed by atoms with van der Waals surface area (Å²) in [6, 6.07) is 15.2. The van der Waals surface area contributed by atoms with Crippen molar-refractivity contribution < 1.29 is 9.53 Å². The van der Waals surface area contributed by atoms with Gasteiger partial charge in [0.1, 0.15) is 10.6 Å². The Hall–Kier alpha value is -1.93. The van der Waals surface area contributed by atoms with Gasteiger partial charge in [-0.3, -0.25) is 0 Å². The summed E-state index contributed by atoms with van der Waals surface area (Å²) in [6.07, 6.45) is 0. The van der Waals surface area contributed by atoms with Gasteiger partial charge in [0, 0.05) is 14.9 Å². The standard InChI is InChI=1S/C20H16BrClN2O2S2/c1-11-16(12-6-4-3-5-7-12)17(19(25)26-2)18(28-11)24-20(27)23-15-9-8-13(21)10-14(15)22/h3-10H,1-2H3,(H2,23,24,27). The number of rotatable bonds is 4. The number of esters is 1. The van der Waals surface area contributed by atoms with E-state index in [9.17, 15) is 4.79 Å². The monoisotopic (exact) mass is 494 g/mol. The predicted octanol–water partition coefficient (Wildman–Crippen LogP) is 6.73. The van der Waals surface area contributed by atoms with E-state index >= 15 is 0 Å². The molecule has 28 heavy (non-hydrogen) atoms. The van der Waals surface area contributed by atoms with Gasteiger partial charge in [-0.2, -0.15) is 0 Å². The molecule has 0 saturated heterocycles. The van der Waals surface area contributed by atoms with Gasteiger partial charge in [0.05, 0.1) is 17.8 Å². The van der Waals surface area contributed by atoms with Gasteiger partial charge in [0.25, 0.3) is 0 Å². The fraction of sp³-hybridized carbons (Fsp3) is 0.100. The molecule has 0 spiro atoms. The molecular formula is C20H16BrClN2O2S2. The number of hydrogen-bond donors (Lipinski definition) is 2. The summed E-state index contributed by atoms with van der Waals surface area (Å²) in [4.78, 5) is 13.5. The van der Waals surface area contributed by atoms with E-state index in [1.807, 2.05) is 49.4 Å². The average molecular weight is 496 g/mol. The van der Waals surface area contributed by atoms with Crippen molar-refractivity contribution in [2.24, 2.45) is 0 Å². The third-order valence-corrected chi connectivity index (χ3v) is 5.97. The van der Waals surface area contributed by atoms with Crippen LogP contribution in [-0.2, 0) is 4.74 Å². The third kappa shape index (κ3) is 4.55. The zero-order valence-corrected chi connectivity index (χ0v) is 19.0. The number of benzene rings is 2. The number of hydrogen-bond acceptors (Lipinski definition) is 4. The number of ether oxygens (including phenoxy) is 1. The minimum atomic E-state index is -0.421. The van der Waals surface area contributed by atoms with Gasteiger partial charge in [-0.05, 0) is 42.9 Å². The van der Waals surface area contributed by atoms with E-state index in [0.717, 1.165) is 20.5 Å². The highest BCUT2D eigenvalue weighted by atomic mass is 79.9. The van der Waals surface area contributed by atoms with Crippen molar-refractivity contribution in [3.8, 4) is 11.1 Å². The Bertz CT molecular complexity index is 1040. The van der Waals surface area contributed by atoms with Crippen molar-refractivity contribution in [2.75, 3.05) is 17.7 Å². The van der Waals surface area contributed by atoms with E-state index in [-0.39, 0.29) is 0 Å². The largest absolute Gasteiger partial charge is 0.465 e. The van der Waals surface area contributed by atoms with Crippen LogP contribution < -0.4 is 10.6 Å². The quantitative estimate of drug-likeness (QED) is 0.310. The normalized spacial score (nSPS) is 10.4. The molecule has 0 aliphatic heterocycles. The molecule has 8 heteroatoms. The maximum Gasteiger partial charge on any atom is 0.341 e. The Kier molecular flexibility index (Phi) is 6.72. The van der Waals surface area contributed by atoms with Crippen LogP contribution in [0, 0.1) is 6.92 Å². The Morgan fingerprint density at radius 3 is 2.54 bits per heavy atom. The van der Waals surface area contributed by atoms with Crippen LogP contribution in [0.5, 0.6) is 0 Å². The highest BCUT2D eigenvalue weighted by Gasteiger charge is 2.24. The summed E-state index contributed by atoms with van der Waals surface area (Å²) in [5.41, 5.74) is 2.91. The van der Waals surface area contributed by atoms with Crippen LogP contribution in [0.4, 0.5) is 10.7 Å². The summed E-state index contributed by atoms with van der Waals surface area (Å²) >= 11 is 16.5. The lowest BCUT2D eigenvalue weighted by atomic mass is 10.0. The Morgan fingerprint density at radius 2 is 1.89 bits per heavy atom. The van der Waals surface area contributed by atoms with E-state index in [4.69, 9.17) is 28.6 Å². The second-order valence-corrected chi connectivity index (χ2v) is 8.75. The van der Waals surface area contributed by atoms with E-state index in [2.05, 4.69) is 26.6 Å². The van der Waals surface area contributed by atoms with Crippen LogP contribution in [-0.4, -0.2) is 18.2 Å². The van der Waals surface area contributed by atoms with Gasteiger partial charge in [0.2, 0.25) is 0 Å². The number of carbonyl (C=O) groups excluding carboxylic acids is 1. The number of nitrogens with one attached hydrogen (secondary N) is 2. The molecule has 0 radical (unpaired) electrons. The van der Waals surface area contributed by atoms with E-state index < -0.39 is 5.97 Å². The molecule has 2 N–H and O–H groups in total. The SMILES string of the molecule is COC(=O)c1c(NC(=S)Nc2ccc(Br)cc2Cl)sc(C)c1-c1ccccc1. The molecule has 1 aromatic heterocycles. The first-order valence-electron chi connectivity index (χ1n) is 8.21. The zero-order chi connectivity index (χ0) is 20.3. The molecule has 0 atom stereocenters. The van der Waals surface area contributed by atoms with Crippen molar-refractivity contribution in [2.45, 2.75) is 6.92 Å². The number of thiocarbonyl (C=S) groups is 1. The first kappa shape index (κ1) is 20.8. The van der Waals surface area contributed by atoms with Gasteiger partial charge >= 0.3 is 5.97 Å². The van der Waals surface area contributed by atoms with Crippen LogP contribution >= 0.6 is 51.1 Å². The smallest absolute Gasteiger partial charge is 0.341 e. The van der Waals surface area contributed by atoms with E-state index in [0.29, 0.717) is 26.4 Å². The molecule has 0 bridgehead atoms. The highest BCUT2D eigenvalue weighted by Crippen LogP contribution is 2.40. The van der Waals surface area contributed by atoms with Gasteiger partial charge in [-0.25, -0.2) is 4.79 Å². The first-order valence-corrected chi connectivity index (χ1v) is 10.6. The van der Waals surface area contributed by atoms with Crippen molar-refractivity contribution >= 4 is 72.9 Å². The topological polar surface area (TPSA) is 50.4 Å². The molecule has 0 aliphatic rings. The maximum atomic E-state index is 12.5. The maximum absolute atomic E-state index is 12.5. The molecule has 3 rings (SSSR count). The highest BCUT2D eigenvalue weighted by molar-refractivity contribution is 9.10. The number of aryl methyl sites for hydroxylation is 1. The molecule has 2 aromatic carbocycles. The lowest BCUT2D eigenvalue weighted by Crippen LogP contribution is -2.20. The van der Waals surface area contributed by atoms with Crippen LogP contribution in [0.3, 0.4) is 0 Å². The minimum Gasteiger partial charge on any atom is -0.465 e. The summed E-state index contributed by atoms with van der Waals surface area (Å²) in [5.74, 6) is -0.421. The second-order valence-electron chi connectivity index (χ2n) is 5.80. The number of carbonyl (C=O) groups is 1. The Morgan fingerprint density at radius 1 is 1.18 bits per heavy atom. The van der Waals surface area contributed by atoms with Crippen LogP contribution in [0.25, 0.3) is 11.1 Å². The van der Waals surface area contributed by atoms with Gasteiger partial charge < -0.3 is 15.4 Å². The molecule has 144 valence electrons. The molecule has 1 heterocycles. The number of anilines is 2. The Balaban J connectivity index is 1.93. The lowest BCUT2D eigenvalue weighted by molar-refractivity contribution is 0.0603. The van der Waals surface area contributed by atoms with Crippen molar-refractivity contribution in [1.82, 2.24) is 0 Å². The number of halogens is 2. The Labute approximate surface area is 186 Å². The zero-order valence-electron chi connectivity index (χ0n) is 15.0. The molecule has 0 unspecified atom stereocenters. The number of methoxy groups -OCH3 is 1. The minimum absolute atomic E-state index is 0.329. The summed E-state index contributed by atoms with van der Waals surface area (Å²) in [5, 5.41) is 7.65. The lowest BCUT2D eigenvalue weighted by Gasteiger charge is -2.12. The molecular weight excluding hydrogens is 480 g/mol. The van der Waals surface area contributed by atoms with E-state index in [1.165, 1.54) is 18.4 Å². The summed E-state index contributed by atoms with van der Waals surface area (Å²) in [7, 11) is 1.37.